The molecule has 0 aliphatic carbocycles. The molecule has 0 aliphatic rings. The summed E-state index contributed by atoms with van der Waals surface area (Å²) in [5.74, 6) is 0.519. The van der Waals surface area contributed by atoms with Gasteiger partial charge in [-0.15, -0.1) is 0 Å². The van der Waals surface area contributed by atoms with Gasteiger partial charge in [0.15, 0.2) is 0 Å². The maximum Gasteiger partial charge on any atom is 0.225 e. The average Bonchev–Trinajstić information content (AvgIpc) is 1.78. The molecule has 0 radical (unpaired) electrons. The van der Waals surface area contributed by atoms with E-state index >= 15 is 0 Å². The number of nitrogens with zero attached hydrogens (tertiary/aromatic N) is 2. The highest BCUT2D eigenvalue weighted by Crippen LogP contribution is 2.17. The van der Waals surface area contributed by atoms with E-state index in [2.05, 4.69) is 9.97 Å². The lowest BCUT2D eigenvalue weighted by molar-refractivity contribution is 0.124. The third-order valence-corrected chi connectivity index (χ3v) is 1.38. The van der Waals surface area contributed by atoms with E-state index in [1.807, 2.05) is 27.7 Å². The van der Waals surface area contributed by atoms with Crippen molar-refractivity contribution < 1.29 is 4.74 Å². The number of hydrogen-bond donors (Lipinski definition) is 0. The normalized spacial score (nSPS) is 11.5. The first-order chi connectivity index (χ1) is 5.87. The van der Waals surface area contributed by atoms with Crippen molar-refractivity contribution in [2.24, 2.45) is 0 Å². The summed E-state index contributed by atoms with van der Waals surface area (Å²) in [5, 5.41) is 0.222. The summed E-state index contributed by atoms with van der Waals surface area (Å²) in [7, 11) is 0. The molecular weight excluding hydrogens is 188 g/mol. The van der Waals surface area contributed by atoms with Crippen LogP contribution >= 0.6 is 11.6 Å². The lowest BCUT2D eigenvalue weighted by Gasteiger charge is -2.20. The maximum atomic E-state index is 5.68. The van der Waals surface area contributed by atoms with E-state index in [1.54, 1.807) is 6.07 Å². The summed E-state index contributed by atoms with van der Waals surface area (Å²) < 4.78 is 5.53. The topological polar surface area (TPSA) is 35.0 Å². The van der Waals surface area contributed by atoms with Crippen LogP contribution in [-0.2, 0) is 0 Å². The van der Waals surface area contributed by atoms with Gasteiger partial charge < -0.3 is 4.74 Å². The van der Waals surface area contributed by atoms with Crippen molar-refractivity contribution in [1.82, 2.24) is 9.97 Å². The van der Waals surface area contributed by atoms with Crippen LogP contribution < -0.4 is 4.74 Å². The zero-order valence-electron chi connectivity index (χ0n) is 8.26. The second-order valence-electron chi connectivity index (χ2n) is 3.83. The molecule has 3 nitrogen and oxygen atoms in total. The van der Waals surface area contributed by atoms with Crippen LogP contribution in [0.3, 0.4) is 0 Å². The Morgan fingerprint density at radius 1 is 1.31 bits per heavy atom. The van der Waals surface area contributed by atoms with E-state index in [4.69, 9.17) is 16.3 Å². The minimum Gasteiger partial charge on any atom is -0.472 e. The highest BCUT2D eigenvalue weighted by Gasteiger charge is 2.13. The molecule has 0 unspecified atom stereocenters. The fourth-order valence-corrected chi connectivity index (χ4v) is 1.09. The SMILES string of the molecule is Cc1cc(OC(C)(C)C)nc(Cl)n1. The Morgan fingerprint density at radius 2 is 1.92 bits per heavy atom. The molecule has 1 aromatic heterocycles. The lowest BCUT2D eigenvalue weighted by atomic mass is 10.2. The van der Waals surface area contributed by atoms with Crippen LogP contribution in [0.5, 0.6) is 5.88 Å². The molecule has 1 heterocycles. The number of aromatic nitrogens is 2. The first kappa shape index (κ1) is 10.3. The molecule has 1 aromatic rings. The van der Waals surface area contributed by atoms with Crippen LogP contribution in [0.4, 0.5) is 0 Å². The van der Waals surface area contributed by atoms with Crippen molar-refractivity contribution in [2.75, 3.05) is 0 Å². The van der Waals surface area contributed by atoms with Crippen LogP contribution in [0.25, 0.3) is 0 Å². The molecular formula is C9H13ClN2O. The van der Waals surface area contributed by atoms with Gasteiger partial charge in [-0.2, -0.15) is 4.98 Å². The van der Waals surface area contributed by atoms with Crippen molar-refractivity contribution >= 4 is 11.6 Å². The average molecular weight is 201 g/mol. The molecule has 0 N–H and O–H groups in total. The summed E-state index contributed by atoms with van der Waals surface area (Å²) >= 11 is 5.68. The Hall–Kier alpha value is -0.830. The molecule has 0 bridgehead atoms. The molecule has 0 saturated carbocycles. The number of ether oxygens (including phenoxy) is 1. The van der Waals surface area contributed by atoms with Crippen LogP contribution in [0.15, 0.2) is 6.07 Å². The molecule has 4 heteroatoms. The van der Waals surface area contributed by atoms with Crippen LogP contribution in [0.2, 0.25) is 5.28 Å². The van der Waals surface area contributed by atoms with Gasteiger partial charge in [0.05, 0.1) is 0 Å². The summed E-state index contributed by atoms with van der Waals surface area (Å²) in [6.07, 6.45) is 0. The van der Waals surface area contributed by atoms with E-state index in [-0.39, 0.29) is 10.9 Å². The molecule has 13 heavy (non-hydrogen) atoms. The zero-order chi connectivity index (χ0) is 10.1. The van der Waals surface area contributed by atoms with Gasteiger partial charge in [-0.05, 0) is 39.3 Å². The summed E-state index contributed by atoms with van der Waals surface area (Å²) in [4.78, 5) is 7.89. The minimum absolute atomic E-state index is 0.222. The van der Waals surface area contributed by atoms with E-state index in [1.165, 1.54) is 0 Å². The third kappa shape index (κ3) is 3.59. The Kier molecular flexibility index (Phi) is 2.76. The molecule has 0 aliphatic heterocycles. The number of hydrogen-bond acceptors (Lipinski definition) is 3. The first-order valence-electron chi connectivity index (χ1n) is 4.07. The van der Waals surface area contributed by atoms with Crippen molar-refractivity contribution in [3.8, 4) is 5.88 Å². The quantitative estimate of drug-likeness (QED) is 0.654. The first-order valence-corrected chi connectivity index (χ1v) is 4.45. The van der Waals surface area contributed by atoms with Gasteiger partial charge in [-0.1, -0.05) is 0 Å². The maximum absolute atomic E-state index is 5.68. The van der Waals surface area contributed by atoms with Gasteiger partial charge in [0.2, 0.25) is 11.2 Å². The van der Waals surface area contributed by atoms with Crippen LogP contribution in [0, 0.1) is 6.92 Å². The van der Waals surface area contributed by atoms with E-state index in [0.717, 1.165) is 5.69 Å². The molecule has 72 valence electrons. The van der Waals surface area contributed by atoms with Crippen LogP contribution in [-0.4, -0.2) is 15.6 Å². The monoisotopic (exact) mass is 200 g/mol. The van der Waals surface area contributed by atoms with Gasteiger partial charge in [-0.3, -0.25) is 0 Å². The predicted molar refractivity (Wildman–Crippen MR) is 52.2 cm³/mol. The van der Waals surface area contributed by atoms with Gasteiger partial charge in [0, 0.05) is 11.8 Å². The lowest BCUT2D eigenvalue weighted by Crippen LogP contribution is -2.23. The van der Waals surface area contributed by atoms with E-state index in [0.29, 0.717) is 5.88 Å². The van der Waals surface area contributed by atoms with E-state index in [9.17, 15) is 0 Å². The van der Waals surface area contributed by atoms with Gasteiger partial charge in [-0.25, -0.2) is 4.98 Å². The number of aryl methyl sites for hydroxylation is 1. The Balaban J connectivity index is 2.90. The second-order valence-corrected chi connectivity index (χ2v) is 4.17. The molecule has 0 atom stereocenters. The molecule has 0 fully saturated rings. The second kappa shape index (κ2) is 3.50. The fraction of sp³-hybridized carbons (Fsp3) is 0.556. The minimum atomic E-state index is -0.260. The predicted octanol–water partition coefficient (Wildman–Crippen LogP) is 2.62. The van der Waals surface area contributed by atoms with Crippen molar-refractivity contribution in [1.29, 1.82) is 0 Å². The molecule has 1 rings (SSSR count). The smallest absolute Gasteiger partial charge is 0.225 e. The third-order valence-electron chi connectivity index (χ3n) is 1.21. The Morgan fingerprint density at radius 3 is 2.38 bits per heavy atom. The standard InChI is InChI=1S/C9H13ClN2O/c1-6-5-7(12-8(10)11-6)13-9(2,3)4/h5H,1-4H3. The van der Waals surface area contributed by atoms with Gasteiger partial charge in [0.1, 0.15) is 5.60 Å². The Labute approximate surface area is 83.1 Å². The zero-order valence-corrected chi connectivity index (χ0v) is 9.01. The summed E-state index contributed by atoms with van der Waals surface area (Å²) in [5.41, 5.74) is 0.545. The number of halogens is 1. The van der Waals surface area contributed by atoms with Crippen LogP contribution in [0.1, 0.15) is 26.5 Å². The highest BCUT2D eigenvalue weighted by atomic mass is 35.5. The number of rotatable bonds is 1. The highest BCUT2D eigenvalue weighted by molar-refractivity contribution is 6.28. The molecule has 0 saturated heterocycles. The van der Waals surface area contributed by atoms with Crippen molar-refractivity contribution in [2.45, 2.75) is 33.3 Å². The fourth-order valence-electron chi connectivity index (χ4n) is 0.871. The largest absolute Gasteiger partial charge is 0.472 e. The van der Waals surface area contributed by atoms with E-state index < -0.39 is 0 Å². The van der Waals surface area contributed by atoms with Gasteiger partial charge in [0.25, 0.3) is 0 Å². The summed E-state index contributed by atoms with van der Waals surface area (Å²) in [6, 6.07) is 1.76. The Bertz CT molecular complexity index is 287. The van der Waals surface area contributed by atoms with Gasteiger partial charge >= 0.3 is 0 Å². The van der Waals surface area contributed by atoms with Crippen molar-refractivity contribution in [3.05, 3.63) is 17.0 Å². The molecule has 0 amide bonds. The van der Waals surface area contributed by atoms with Crippen molar-refractivity contribution in [3.63, 3.8) is 0 Å². The summed E-state index contributed by atoms with van der Waals surface area (Å²) in [6.45, 7) is 7.72. The molecule has 0 spiro atoms. The molecule has 0 aromatic carbocycles.